The summed E-state index contributed by atoms with van der Waals surface area (Å²) in [5, 5.41) is 0. The highest BCUT2D eigenvalue weighted by atomic mass is 32.1. The lowest BCUT2D eigenvalue weighted by atomic mass is 10.2. The van der Waals surface area contributed by atoms with Crippen molar-refractivity contribution in [3.63, 3.8) is 0 Å². The Morgan fingerprint density at radius 3 is 3.00 bits per heavy atom. The first-order chi connectivity index (χ1) is 8.28. The Labute approximate surface area is 105 Å². The van der Waals surface area contributed by atoms with E-state index in [1.165, 1.54) is 19.3 Å². The fourth-order valence-corrected chi connectivity index (χ4v) is 2.50. The molecule has 1 N–H and O–H groups in total. The van der Waals surface area contributed by atoms with E-state index in [1.54, 1.807) is 7.11 Å². The number of nitrogens with one attached hydrogen (secondary N) is 1. The lowest BCUT2D eigenvalue weighted by Crippen LogP contribution is -1.98. The maximum atomic E-state index is 5.37. The van der Waals surface area contributed by atoms with Gasteiger partial charge in [-0.15, -0.1) is 0 Å². The smallest absolute Gasteiger partial charge is 0.178 e. The number of ether oxygens (including phenoxy) is 1. The van der Waals surface area contributed by atoms with E-state index >= 15 is 0 Å². The average Bonchev–Trinajstić information content (AvgIpc) is 3.10. The van der Waals surface area contributed by atoms with Crippen molar-refractivity contribution in [3.05, 3.63) is 23.0 Å². The van der Waals surface area contributed by atoms with Gasteiger partial charge in [0.1, 0.15) is 5.75 Å². The van der Waals surface area contributed by atoms with Gasteiger partial charge in [-0.3, -0.25) is 0 Å². The van der Waals surface area contributed by atoms with E-state index in [-0.39, 0.29) is 0 Å². The molecule has 1 aromatic carbocycles. The fraction of sp³-hybridized carbons (Fsp3) is 0.462. The standard InChI is InChI=1S/C13H16N2OS/c1-16-10-4-5-11-12(8-10)15(13(17)14-11)7-6-9-2-3-9/h4-5,8-9H,2-3,6-7H2,1H3,(H,14,17). The number of hydrogen-bond donors (Lipinski definition) is 1. The second-order valence-corrected chi connectivity index (χ2v) is 5.08. The molecule has 0 atom stereocenters. The number of methoxy groups -OCH3 is 1. The Kier molecular flexibility index (Phi) is 2.67. The zero-order valence-corrected chi connectivity index (χ0v) is 10.7. The third-order valence-corrected chi connectivity index (χ3v) is 3.76. The van der Waals surface area contributed by atoms with E-state index in [0.717, 1.165) is 34.0 Å². The van der Waals surface area contributed by atoms with Crippen LogP contribution in [0.4, 0.5) is 0 Å². The summed E-state index contributed by atoms with van der Waals surface area (Å²) in [6, 6.07) is 6.03. The topological polar surface area (TPSA) is 29.9 Å². The van der Waals surface area contributed by atoms with Crippen molar-refractivity contribution in [2.75, 3.05) is 7.11 Å². The summed E-state index contributed by atoms with van der Waals surface area (Å²) in [4.78, 5) is 3.24. The van der Waals surface area contributed by atoms with Gasteiger partial charge in [0.2, 0.25) is 0 Å². The number of aryl methyl sites for hydroxylation is 1. The zero-order valence-electron chi connectivity index (χ0n) is 9.90. The highest BCUT2D eigenvalue weighted by Crippen LogP contribution is 2.33. The molecule has 0 spiro atoms. The number of aromatic nitrogens is 2. The molecule has 3 rings (SSSR count). The third-order valence-electron chi connectivity index (χ3n) is 3.44. The van der Waals surface area contributed by atoms with E-state index < -0.39 is 0 Å². The van der Waals surface area contributed by atoms with E-state index in [2.05, 4.69) is 15.6 Å². The SMILES string of the molecule is COc1ccc2[nH]c(=S)n(CCC3CC3)c2c1. The van der Waals surface area contributed by atoms with Crippen molar-refractivity contribution in [1.29, 1.82) is 0 Å². The van der Waals surface area contributed by atoms with Crippen molar-refractivity contribution in [2.24, 2.45) is 5.92 Å². The lowest BCUT2D eigenvalue weighted by Gasteiger charge is -2.05. The second-order valence-electron chi connectivity index (χ2n) is 4.70. The number of nitrogens with zero attached hydrogens (tertiary/aromatic N) is 1. The van der Waals surface area contributed by atoms with E-state index in [9.17, 15) is 0 Å². The predicted octanol–water partition coefficient (Wildman–Crippen LogP) is 3.51. The number of rotatable bonds is 4. The van der Waals surface area contributed by atoms with Crippen LogP contribution in [0.2, 0.25) is 0 Å². The van der Waals surface area contributed by atoms with Crippen LogP contribution in [0.25, 0.3) is 11.0 Å². The van der Waals surface area contributed by atoms with Gasteiger partial charge in [-0.1, -0.05) is 12.8 Å². The largest absolute Gasteiger partial charge is 0.497 e. The van der Waals surface area contributed by atoms with Gasteiger partial charge in [0.15, 0.2) is 4.77 Å². The van der Waals surface area contributed by atoms with Crippen LogP contribution in [-0.2, 0) is 6.54 Å². The van der Waals surface area contributed by atoms with Gasteiger partial charge in [0.05, 0.1) is 18.1 Å². The third kappa shape index (κ3) is 2.09. The van der Waals surface area contributed by atoms with Crippen molar-refractivity contribution >= 4 is 23.3 Å². The minimum atomic E-state index is 0.814. The minimum Gasteiger partial charge on any atom is -0.497 e. The van der Waals surface area contributed by atoms with Crippen molar-refractivity contribution in [1.82, 2.24) is 9.55 Å². The van der Waals surface area contributed by atoms with Gasteiger partial charge < -0.3 is 14.3 Å². The van der Waals surface area contributed by atoms with Crippen LogP contribution in [0.1, 0.15) is 19.3 Å². The zero-order chi connectivity index (χ0) is 11.8. The molecule has 0 unspecified atom stereocenters. The number of hydrogen-bond acceptors (Lipinski definition) is 2. The first-order valence-electron chi connectivity index (χ1n) is 6.04. The number of fused-ring (bicyclic) bond motifs is 1. The molecule has 1 aliphatic rings. The molecule has 0 radical (unpaired) electrons. The normalized spacial score (nSPS) is 15.4. The number of imidazole rings is 1. The van der Waals surface area contributed by atoms with Crippen LogP contribution in [0.15, 0.2) is 18.2 Å². The molecule has 0 bridgehead atoms. The first kappa shape index (κ1) is 10.8. The summed E-state index contributed by atoms with van der Waals surface area (Å²) >= 11 is 5.37. The minimum absolute atomic E-state index is 0.814. The fourth-order valence-electron chi connectivity index (χ4n) is 2.20. The molecule has 1 fully saturated rings. The highest BCUT2D eigenvalue weighted by molar-refractivity contribution is 7.71. The maximum Gasteiger partial charge on any atom is 0.178 e. The molecule has 3 nitrogen and oxygen atoms in total. The monoisotopic (exact) mass is 248 g/mol. The van der Waals surface area contributed by atoms with Crippen molar-refractivity contribution in [2.45, 2.75) is 25.8 Å². The molecule has 0 amide bonds. The summed E-state index contributed by atoms with van der Waals surface area (Å²) in [5.74, 6) is 1.80. The summed E-state index contributed by atoms with van der Waals surface area (Å²) in [6.45, 7) is 1.01. The second kappa shape index (κ2) is 4.18. The summed E-state index contributed by atoms with van der Waals surface area (Å²) in [6.07, 6.45) is 4.01. The summed E-state index contributed by atoms with van der Waals surface area (Å²) in [5.41, 5.74) is 2.24. The molecule has 1 heterocycles. The van der Waals surface area contributed by atoms with E-state index in [4.69, 9.17) is 17.0 Å². The summed E-state index contributed by atoms with van der Waals surface area (Å²) < 4.78 is 8.26. The van der Waals surface area contributed by atoms with E-state index in [1.807, 2.05) is 12.1 Å². The lowest BCUT2D eigenvalue weighted by molar-refractivity contribution is 0.415. The van der Waals surface area contributed by atoms with Crippen LogP contribution in [0.3, 0.4) is 0 Å². The van der Waals surface area contributed by atoms with Gasteiger partial charge in [-0.05, 0) is 36.7 Å². The Hall–Kier alpha value is -1.29. The number of benzene rings is 1. The molecule has 1 aliphatic carbocycles. The van der Waals surface area contributed by atoms with Crippen LogP contribution >= 0.6 is 12.2 Å². The first-order valence-corrected chi connectivity index (χ1v) is 6.45. The van der Waals surface area contributed by atoms with Gasteiger partial charge in [0, 0.05) is 12.6 Å². The Morgan fingerprint density at radius 2 is 2.29 bits per heavy atom. The van der Waals surface area contributed by atoms with E-state index in [0.29, 0.717) is 0 Å². The molecular formula is C13H16N2OS. The maximum absolute atomic E-state index is 5.37. The average molecular weight is 248 g/mol. The van der Waals surface area contributed by atoms with Crippen molar-refractivity contribution in [3.8, 4) is 5.75 Å². The molecule has 4 heteroatoms. The van der Waals surface area contributed by atoms with Crippen molar-refractivity contribution < 1.29 is 4.74 Å². The molecule has 90 valence electrons. The molecule has 1 aromatic heterocycles. The Bertz CT molecular complexity index is 595. The van der Waals surface area contributed by atoms with Crippen LogP contribution < -0.4 is 4.74 Å². The quantitative estimate of drug-likeness (QED) is 0.839. The molecule has 0 aliphatic heterocycles. The molecule has 0 saturated heterocycles. The van der Waals surface area contributed by atoms with Gasteiger partial charge in [-0.2, -0.15) is 0 Å². The molecule has 2 aromatic rings. The van der Waals surface area contributed by atoms with Crippen LogP contribution in [0, 0.1) is 10.7 Å². The van der Waals surface area contributed by atoms with Gasteiger partial charge in [0.25, 0.3) is 0 Å². The predicted molar refractivity (Wildman–Crippen MR) is 71.0 cm³/mol. The Balaban J connectivity index is 2.00. The number of H-pyrrole nitrogens is 1. The van der Waals surface area contributed by atoms with Crippen LogP contribution in [-0.4, -0.2) is 16.7 Å². The Morgan fingerprint density at radius 1 is 1.47 bits per heavy atom. The van der Waals surface area contributed by atoms with Gasteiger partial charge >= 0.3 is 0 Å². The summed E-state index contributed by atoms with van der Waals surface area (Å²) in [7, 11) is 1.69. The highest BCUT2D eigenvalue weighted by Gasteiger charge is 2.21. The molecule has 1 saturated carbocycles. The molecule has 17 heavy (non-hydrogen) atoms. The number of aromatic amines is 1. The van der Waals surface area contributed by atoms with Crippen LogP contribution in [0.5, 0.6) is 5.75 Å². The molecular weight excluding hydrogens is 232 g/mol. The van der Waals surface area contributed by atoms with Gasteiger partial charge in [-0.25, -0.2) is 0 Å².